The van der Waals surface area contributed by atoms with Crippen LogP contribution >= 0.6 is 22.9 Å². The molecule has 2 aromatic heterocycles. The molecule has 2 aromatic rings. The van der Waals surface area contributed by atoms with E-state index in [0.29, 0.717) is 10.1 Å². The SMILES string of the molecule is CC(NC(=O)c1ccc(CN)o1)c1ccc(Cl)s1. The Balaban J connectivity index is 2.02. The molecule has 0 radical (unpaired) electrons. The number of carbonyl (C=O) groups is 1. The Bertz CT molecular complexity index is 550. The van der Waals surface area contributed by atoms with Gasteiger partial charge in [0.2, 0.25) is 0 Å². The second kappa shape index (κ2) is 5.56. The predicted molar refractivity (Wildman–Crippen MR) is 71.8 cm³/mol. The number of halogens is 1. The normalized spacial score (nSPS) is 12.4. The Kier molecular flexibility index (Phi) is 4.06. The van der Waals surface area contributed by atoms with Crippen molar-refractivity contribution in [3.05, 3.63) is 45.0 Å². The van der Waals surface area contributed by atoms with Gasteiger partial charge >= 0.3 is 0 Å². The largest absolute Gasteiger partial charge is 0.455 e. The van der Waals surface area contributed by atoms with Crippen LogP contribution in [-0.4, -0.2) is 5.91 Å². The van der Waals surface area contributed by atoms with Gasteiger partial charge in [0.1, 0.15) is 5.76 Å². The molecule has 0 saturated carbocycles. The molecule has 0 aliphatic rings. The highest BCUT2D eigenvalue weighted by atomic mass is 35.5. The molecule has 0 aliphatic heterocycles. The van der Waals surface area contributed by atoms with Crippen LogP contribution in [0.4, 0.5) is 0 Å². The van der Waals surface area contributed by atoms with Crippen molar-refractivity contribution >= 4 is 28.8 Å². The monoisotopic (exact) mass is 284 g/mol. The fourth-order valence-electron chi connectivity index (χ4n) is 1.51. The number of hydrogen-bond acceptors (Lipinski definition) is 4. The minimum Gasteiger partial charge on any atom is -0.455 e. The number of nitrogens with one attached hydrogen (secondary N) is 1. The maximum absolute atomic E-state index is 11.9. The molecule has 0 fully saturated rings. The second-order valence-electron chi connectivity index (χ2n) is 3.81. The first kappa shape index (κ1) is 13.1. The van der Waals surface area contributed by atoms with Crippen LogP contribution in [0.1, 0.15) is 34.2 Å². The third kappa shape index (κ3) is 2.93. The first-order chi connectivity index (χ1) is 8.60. The molecule has 2 heterocycles. The molecular formula is C12H13ClN2O2S. The first-order valence-corrected chi connectivity index (χ1v) is 6.64. The summed E-state index contributed by atoms with van der Waals surface area (Å²) in [5.41, 5.74) is 5.42. The van der Waals surface area contributed by atoms with Gasteiger partial charge < -0.3 is 15.5 Å². The zero-order valence-corrected chi connectivity index (χ0v) is 11.3. The number of thiophene rings is 1. The molecule has 0 saturated heterocycles. The van der Waals surface area contributed by atoms with Crippen molar-refractivity contribution in [2.75, 3.05) is 0 Å². The van der Waals surface area contributed by atoms with Gasteiger partial charge in [-0.05, 0) is 31.2 Å². The van der Waals surface area contributed by atoms with Crippen LogP contribution in [-0.2, 0) is 6.54 Å². The van der Waals surface area contributed by atoms with Gasteiger partial charge in [0.15, 0.2) is 5.76 Å². The maximum Gasteiger partial charge on any atom is 0.287 e. The molecule has 0 aliphatic carbocycles. The van der Waals surface area contributed by atoms with Gasteiger partial charge in [-0.25, -0.2) is 0 Å². The van der Waals surface area contributed by atoms with Crippen LogP contribution in [0.5, 0.6) is 0 Å². The topological polar surface area (TPSA) is 68.3 Å². The predicted octanol–water partition coefficient (Wildman–Crippen LogP) is 2.94. The Labute approximate surface area is 114 Å². The van der Waals surface area contributed by atoms with Gasteiger partial charge in [-0.1, -0.05) is 11.6 Å². The lowest BCUT2D eigenvalue weighted by molar-refractivity contribution is 0.0910. The van der Waals surface area contributed by atoms with Crippen LogP contribution in [0, 0.1) is 0 Å². The molecule has 4 nitrogen and oxygen atoms in total. The molecule has 96 valence electrons. The van der Waals surface area contributed by atoms with Crippen molar-refractivity contribution in [3.63, 3.8) is 0 Å². The van der Waals surface area contributed by atoms with Gasteiger partial charge in [-0.15, -0.1) is 11.3 Å². The molecule has 2 rings (SSSR count). The van der Waals surface area contributed by atoms with Crippen LogP contribution in [0.2, 0.25) is 4.34 Å². The Morgan fingerprint density at radius 2 is 2.28 bits per heavy atom. The van der Waals surface area contributed by atoms with Crippen LogP contribution in [0.25, 0.3) is 0 Å². The van der Waals surface area contributed by atoms with E-state index in [9.17, 15) is 4.79 Å². The molecular weight excluding hydrogens is 272 g/mol. The van der Waals surface area contributed by atoms with Gasteiger partial charge in [0.25, 0.3) is 5.91 Å². The third-order valence-electron chi connectivity index (χ3n) is 2.45. The molecule has 0 bridgehead atoms. The first-order valence-electron chi connectivity index (χ1n) is 5.45. The van der Waals surface area contributed by atoms with E-state index >= 15 is 0 Å². The quantitative estimate of drug-likeness (QED) is 0.907. The van der Waals surface area contributed by atoms with Crippen LogP contribution in [0.3, 0.4) is 0 Å². The van der Waals surface area contributed by atoms with Crippen LogP contribution < -0.4 is 11.1 Å². The zero-order chi connectivity index (χ0) is 13.1. The Morgan fingerprint density at radius 1 is 1.50 bits per heavy atom. The average molecular weight is 285 g/mol. The summed E-state index contributed by atoms with van der Waals surface area (Å²) in [5, 5.41) is 2.84. The Hall–Kier alpha value is -1.30. The summed E-state index contributed by atoms with van der Waals surface area (Å²) >= 11 is 7.30. The van der Waals surface area contributed by atoms with Crippen molar-refractivity contribution in [3.8, 4) is 0 Å². The minimum absolute atomic E-state index is 0.110. The van der Waals surface area contributed by atoms with Crippen molar-refractivity contribution in [1.82, 2.24) is 5.32 Å². The summed E-state index contributed by atoms with van der Waals surface area (Å²) in [5.74, 6) is 0.601. The molecule has 3 N–H and O–H groups in total. The van der Waals surface area contributed by atoms with E-state index in [2.05, 4.69) is 5.32 Å². The number of nitrogens with two attached hydrogens (primary N) is 1. The van der Waals surface area contributed by atoms with E-state index in [-0.39, 0.29) is 24.3 Å². The summed E-state index contributed by atoms with van der Waals surface area (Å²) in [6.45, 7) is 2.18. The van der Waals surface area contributed by atoms with Crippen molar-refractivity contribution < 1.29 is 9.21 Å². The molecule has 1 amide bonds. The molecule has 1 atom stereocenters. The second-order valence-corrected chi connectivity index (χ2v) is 5.55. The molecule has 18 heavy (non-hydrogen) atoms. The van der Waals surface area contributed by atoms with E-state index in [1.54, 1.807) is 12.1 Å². The zero-order valence-electron chi connectivity index (χ0n) is 9.77. The summed E-state index contributed by atoms with van der Waals surface area (Å²) in [4.78, 5) is 12.9. The lowest BCUT2D eigenvalue weighted by atomic mass is 10.2. The highest BCUT2D eigenvalue weighted by molar-refractivity contribution is 7.16. The van der Waals surface area contributed by atoms with Gasteiger partial charge in [-0.3, -0.25) is 4.79 Å². The highest BCUT2D eigenvalue weighted by Gasteiger charge is 2.15. The molecule has 1 unspecified atom stereocenters. The summed E-state index contributed by atoms with van der Waals surface area (Å²) < 4.78 is 5.98. The summed E-state index contributed by atoms with van der Waals surface area (Å²) in [7, 11) is 0. The third-order valence-corrected chi connectivity index (χ3v) is 3.87. The number of rotatable bonds is 4. The van der Waals surface area contributed by atoms with E-state index in [0.717, 1.165) is 4.88 Å². The molecule has 6 heteroatoms. The summed E-state index contributed by atoms with van der Waals surface area (Å²) in [6, 6.07) is 6.91. The minimum atomic E-state index is -0.258. The smallest absolute Gasteiger partial charge is 0.287 e. The van der Waals surface area contributed by atoms with Crippen molar-refractivity contribution in [1.29, 1.82) is 0 Å². The summed E-state index contributed by atoms with van der Waals surface area (Å²) in [6.07, 6.45) is 0. The number of furan rings is 1. The van der Waals surface area contributed by atoms with Gasteiger partial charge in [0.05, 0.1) is 16.9 Å². The number of amides is 1. The number of carbonyl (C=O) groups excluding carboxylic acids is 1. The van der Waals surface area contributed by atoms with Crippen LogP contribution in [0.15, 0.2) is 28.7 Å². The fourth-order valence-corrected chi connectivity index (χ4v) is 2.57. The Morgan fingerprint density at radius 3 is 2.83 bits per heavy atom. The van der Waals surface area contributed by atoms with Gasteiger partial charge in [0, 0.05) is 4.88 Å². The molecule has 0 aromatic carbocycles. The molecule has 0 spiro atoms. The van der Waals surface area contributed by atoms with E-state index in [1.807, 2.05) is 19.1 Å². The van der Waals surface area contributed by atoms with Crippen molar-refractivity contribution in [2.24, 2.45) is 5.73 Å². The standard InChI is InChI=1S/C12H13ClN2O2S/c1-7(10-4-5-11(13)18-10)15-12(16)9-3-2-8(6-14)17-9/h2-5,7H,6,14H2,1H3,(H,15,16). The van der Waals surface area contributed by atoms with E-state index in [4.69, 9.17) is 21.8 Å². The van der Waals surface area contributed by atoms with E-state index in [1.165, 1.54) is 11.3 Å². The fraction of sp³-hybridized carbons (Fsp3) is 0.250. The average Bonchev–Trinajstić information content (AvgIpc) is 2.97. The lowest BCUT2D eigenvalue weighted by Gasteiger charge is -2.10. The number of hydrogen-bond donors (Lipinski definition) is 2. The van der Waals surface area contributed by atoms with Crippen molar-refractivity contribution in [2.45, 2.75) is 19.5 Å². The maximum atomic E-state index is 11.9. The van der Waals surface area contributed by atoms with Gasteiger partial charge in [-0.2, -0.15) is 0 Å². The lowest BCUT2D eigenvalue weighted by Crippen LogP contribution is -2.25. The van der Waals surface area contributed by atoms with E-state index < -0.39 is 0 Å². The highest BCUT2D eigenvalue weighted by Crippen LogP contribution is 2.26.